The number of rotatable bonds is 37. The summed E-state index contributed by atoms with van der Waals surface area (Å²) in [5.41, 5.74) is 0. The fourth-order valence-corrected chi connectivity index (χ4v) is 5.75. The van der Waals surface area contributed by atoms with Crippen molar-refractivity contribution >= 4 is 19.8 Å². The third kappa shape index (κ3) is 37.5. The van der Waals surface area contributed by atoms with Gasteiger partial charge in [0, 0.05) is 19.4 Å². The van der Waals surface area contributed by atoms with E-state index in [4.69, 9.17) is 18.5 Å². The van der Waals surface area contributed by atoms with E-state index in [1.807, 2.05) is 0 Å². The van der Waals surface area contributed by atoms with Crippen molar-refractivity contribution in [2.75, 3.05) is 33.4 Å². The molecule has 300 valence electrons. The normalized spacial score (nSPS) is 14.0. The number of allylic oxidation sites excluding steroid dienone is 10. The Morgan fingerprint density at radius 2 is 1.04 bits per heavy atom. The van der Waals surface area contributed by atoms with Crippen LogP contribution in [0.2, 0.25) is 0 Å². The maximum Gasteiger partial charge on any atom is 0.472 e. The molecule has 52 heavy (non-hydrogen) atoms. The topological polar surface area (TPSA) is 120 Å². The highest BCUT2D eigenvalue weighted by atomic mass is 31.2. The number of hydrogen-bond acceptors (Lipinski definition) is 8. The van der Waals surface area contributed by atoms with Gasteiger partial charge in [0.05, 0.1) is 13.2 Å². The Kier molecular flexibility index (Phi) is 36.7. The molecule has 2 atom stereocenters. The van der Waals surface area contributed by atoms with E-state index in [1.165, 1.54) is 44.9 Å². The highest BCUT2D eigenvalue weighted by Gasteiger charge is 2.26. The summed E-state index contributed by atoms with van der Waals surface area (Å²) in [5.74, 6) is -0.874. The molecule has 0 bridgehead atoms. The summed E-state index contributed by atoms with van der Waals surface area (Å²) in [7, 11) is -2.67. The lowest BCUT2D eigenvalue weighted by Crippen LogP contribution is -2.29. The molecule has 0 radical (unpaired) electrons. The molecule has 0 amide bonds. The number of nitrogens with one attached hydrogen (secondary N) is 1. The second-order valence-corrected chi connectivity index (χ2v) is 14.6. The van der Waals surface area contributed by atoms with E-state index >= 15 is 0 Å². The standard InChI is InChI=1S/C42H74NO8P/c1-4-6-8-10-12-14-16-18-20-22-24-26-28-30-32-34-41(44)48-38-40(39-50-52(46,47)49-37-36-43-3)51-42(45)35-33-31-29-27-25-23-21-19-17-15-13-11-9-7-5-2/h12-15,18-21,24,26,40,43H,4-11,16-17,22-23,25,27-39H2,1-3H3,(H,46,47)/b14-12-,15-13-,20-18-,21-19-,26-24-. The first-order chi connectivity index (χ1) is 25.3. The van der Waals surface area contributed by atoms with Crippen LogP contribution >= 0.6 is 7.82 Å². The van der Waals surface area contributed by atoms with Gasteiger partial charge in [-0.1, -0.05) is 120 Å². The summed E-state index contributed by atoms with van der Waals surface area (Å²) in [5, 5.41) is 2.81. The summed E-state index contributed by atoms with van der Waals surface area (Å²) >= 11 is 0. The summed E-state index contributed by atoms with van der Waals surface area (Å²) in [4.78, 5) is 34.9. The molecule has 0 aliphatic rings. The van der Waals surface area contributed by atoms with Gasteiger partial charge >= 0.3 is 19.8 Å². The molecule has 0 heterocycles. The summed E-state index contributed by atoms with van der Waals surface area (Å²) in [6.45, 7) is 4.09. The smallest absolute Gasteiger partial charge is 0.462 e. The van der Waals surface area contributed by atoms with Crippen molar-refractivity contribution in [3.63, 3.8) is 0 Å². The lowest BCUT2D eigenvalue weighted by molar-refractivity contribution is -0.161. The molecule has 0 aromatic carbocycles. The van der Waals surface area contributed by atoms with Gasteiger partial charge in [-0.3, -0.25) is 18.6 Å². The Morgan fingerprint density at radius 3 is 1.58 bits per heavy atom. The first-order valence-electron chi connectivity index (χ1n) is 20.2. The van der Waals surface area contributed by atoms with Crippen LogP contribution in [0.15, 0.2) is 60.8 Å². The Balaban J connectivity index is 4.37. The molecule has 10 heteroatoms. The number of carbonyl (C=O) groups is 2. The van der Waals surface area contributed by atoms with Crippen LogP contribution in [0.1, 0.15) is 155 Å². The van der Waals surface area contributed by atoms with E-state index < -0.39 is 32.5 Å². The van der Waals surface area contributed by atoms with Gasteiger partial charge in [0.25, 0.3) is 0 Å². The zero-order valence-electron chi connectivity index (χ0n) is 33.0. The second-order valence-electron chi connectivity index (χ2n) is 13.1. The molecular weight excluding hydrogens is 677 g/mol. The van der Waals surface area contributed by atoms with Crippen molar-refractivity contribution in [1.82, 2.24) is 5.32 Å². The Bertz CT molecular complexity index is 1040. The molecule has 0 saturated carbocycles. The molecule has 0 aromatic heterocycles. The van der Waals surface area contributed by atoms with Crippen molar-refractivity contribution in [2.45, 2.75) is 161 Å². The van der Waals surface area contributed by atoms with E-state index in [1.54, 1.807) is 7.05 Å². The van der Waals surface area contributed by atoms with Gasteiger partial charge in [-0.05, 0) is 90.5 Å². The monoisotopic (exact) mass is 752 g/mol. The van der Waals surface area contributed by atoms with Crippen LogP contribution < -0.4 is 5.32 Å². The Hall–Kier alpha value is -2.29. The molecule has 2 N–H and O–H groups in total. The molecular formula is C42H74NO8P. The van der Waals surface area contributed by atoms with E-state index in [0.29, 0.717) is 19.4 Å². The van der Waals surface area contributed by atoms with Crippen molar-refractivity contribution in [1.29, 1.82) is 0 Å². The first-order valence-corrected chi connectivity index (χ1v) is 21.7. The van der Waals surface area contributed by atoms with E-state index in [2.05, 4.69) is 79.9 Å². The van der Waals surface area contributed by atoms with Crippen molar-refractivity contribution in [2.24, 2.45) is 0 Å². The average molecular weight is 752 g/mol. The van der Waals surface area contributed by atoms with Crippen molar-refractivity contribution in [3.8, 4) is 0 Å². The number of esters is 2. The number of likely N-dealkylation sites (N-methyl/N-ethyl adjacent to an activating group) is 1. The predicted octanol–water partition coefficient (Wildman–Crippen LogP) is 11.2. The zero-order chi connectivity index (χ0) is 38.2. The molecule has 0 saturated heterocycles. The third-order valence-electron chi connectivity index (χ3n) is 8.11. The number of carbonyl (C=O) groups excluding carboxylic acids is 2. The number of phosphoric acid groups is 1. The minimum absolute atomic E-state index is 0.0285. The van der Waals surface area contributed by atoms with E-state index in [0.717, 1.165) is 70.6 Å². The lowest BCUT2D eigenvalue weighted by atomic mass is 10.1. The maximum absolute atomic E-state index is 12.6. The largest absolute Gasteiger partial charge is 0.472 e. The van der Waals surface area contributed by atoms with E-state index in [9.17, 15) is 19.0 Å². The number of unbranched alkanes of at least 4 members (excludes halogenated alkanes) is 13. The molecule has 2 unspecified atom stereocenters. The summed E-state index contributed by atoms with van der Waals surface area (Å²) in [6, 6.07) is 0. The zero-order valence-corrected chi connectivity index (χ0v) is 33.9. The molecule has 0 spiro atoms. The van der Waals surface area contributed by atoms with Gasteiger partial charge in [0.2, 0.25) is 0 Å². The fraction of sp³-hybridized carbons (Fsp3) is 0.714. The van der Waals surface area contributed by atoms with Gasteiger partial charge in [0.15, 0.2) is 6.10 Å². The quantitative estimate of drug-likeness (QED) is 0.0276. The van der Waals surface area contributed by atoms with Crippen molar-refractivity contribution < 1.29 is 37.6 Å². The van der Waals surface area contributed by atoms with Crippen LogP contribution in [0, 0.1) is 0 Å². The third-order valence-corrected chi connectivity index (χ3v) is 9.09. The summed E-state index contributed by atoms with van der Waals surface area (Å²) in [6.07, 6.45) is 42.6. The minimum atomic E-state index is -4.36. The molecule has 0 aromatic rings. The SMILES string of the molecule is CCCCC/C=C\C/C=C\C/C=C\CCCCC(=O)OCC(COP(=O)(O)OCCNC)OC(=O)CCCCCCC/C=C\C/C=C\CCCCC. The molecule has 0 rings (SSSR count). The highest BCUT2D eigenvalue weighted by molar-refractivity contribution is 7.47. The van der Waals surface area contributed by atoms with Crippen LogP contribution in [0.4, 0.5) is 0 Å². The van der Waals surface area contributed by atoms with Crippen molar-refractivity contribution in [3.05, 3.63) is 60.8 Å². The Morgan fingerprint density at radius 1 is 0.596 bits per heavy atom. The summed E-state index contributed by atoms with van der Waals surface area (Å²) < 4.78 is 33.1. The minimum Gasteiger partial charge on any atom is -0.462 e. The van der Waals surface area contributed by atoms with Gasteiger partial charge in [-0.25, -0.2) is 4.57 Å². The van der Waals surface area contributed by atoms with Crippen LogP contribution in [0.3, 0.4) is 0 Å². The Labute approximate surface area is 317 Å². The van der Waals surface area contributed by atoms with Gasteiger partial charge < -0.3 is 19.7 Å². The van der Waals surface area contributed by atoms with Gasteiger partial charge in [0.1, 0.15) is 6.61 Å². The van der Waals surface area contributed by atoms with Crippen LogP contribution in [-0.4, -0.2) is 56.3 Å². The molecule has 0 fully saturated rings. The maximum atomic E-state index is 12.6. The van der Waals surface area contributed by atoms with E-state index in [-0.39, 0.29) is 26.1 Å². The first kappa shape index (κ1) is 49.7. The highest BCUT2D eigenvalue weighted by Crippen LogP contribution is 2.43. The fourth-order valence-electron chi connectivity index (χ4n) is 5.00. The molecule has 9 nitrogen and oxygen atoms in total. The van der Waals surface area contributed by atoms with Gasteiger partial charge in [-0.15, -0.1) is 0 Å². The number of hydrogen-bond donors (Lipinski definition) is 2. The van der Waals surface area contributed by atoms with Crippen LogP contribution in [-0.2, 0) is 32.7 Å². The second kappa shape index (κ2) is 38.4. The number of ether oxygens (including phenoxy) is 2. The van der Waals surface area contributed by atoms with Crippen LogP contribution in [0.5, 0.6) is 0 Å². The van der Waals surface area contributed by atoms with Gasteiger partial charge in [-0.2, -0.15) is 0 Å². The molecule has 0 aliphatic carbocycles. The predicted molar refractivity (Wildman–Crippen MR) is 215 cm³/mol. The average Bonchev–Trinajstić information content (AvgIpc) is 3.12. The lowest BCUT2D eigenvalue weighted by Gasteiger charge is -2.20. The number of phosphoric ester groups is 1. The molecule has 0 aliphatic heterocycles. The van der Waals surface area contributed by atoms with Crippen LogP contribution in [0.25, 0.3) is 0 Å².